The van der Waals surface area contributed by atoms with Gasteiger partial charge < -0.3 is 4.90 Å². The molecule has 0 bridgehead atoms. The third-order valence-corrected chi connectivity index (χ3v) is 11.4. The summed E-state index contributed by atoms with van der Waals surface area (Å²) >= 11 is 1.86. The molecular weight excluding hydrogens is 647 g/mol. The highest BCUT2D eigenvalue weighted by Gasteiger charge is 2.18. The van der Waals surface area contributed by atoms with Crippen molar-refractivity contribution < 1.29 is 0 Å². The number of rotatable bonds is 6. The Morgan fingerprint density at radius 3 is 1.73 bits per heavy atom. The van der Waals surface area contributed by atoms with Crippen molar-refractivity contribution in [2.45, 2.75) is 0 Å². The van der Waals surface area contributed by atoms with Crippen LogP contribution in [0.25, 0.3) is 75.1 Å². The monoisotopic (exact) mass is 679 g/mol. The molecule has 9 aromatic carbocycles. The van der Waals surface area contributed by atoms with Crippen molar-refractivity contribution in [1.29, 1.82) is 0 Å². The maximum absolute atomic E-state index is 2.41. The minimum absolute atomic E-state index is 1.11. The predicted octanol–water partition coefficient (Wildman–Crippen LogP) is 14.8. The molecule has 0 amide bonds. The second kappa shape index (κ2) is 12.7. The molecule has 10 rings (SSSR count). The quantitative estimate of drug-likeness (QED) is 0.169. The van der Waals surface area contributed by atoms with Crippen LogP contribution in [0.4, 0.5) is 17.1 Å². The van der Waals surface area contributed by atoms with Gasteiger partial charge in [-0.2, -0.15) is 0 Å². The highest BCUT2D eigenvalue weighted by atomic mass is 32.1. The third kappa shape index (κ3) is 5.33. The summed E-state index contributed by atoms with van der Waals surface area (Å²) < 4.78 is 2.64. The van der Waals surface area contributed by atoms with Gasteiger partial charge in [-0.1, -0.05) is 152 Å². The largest absolute Gasteiger partial charge is 0.310 e. The predicted molar refractivity (Wildman–Crippen MR) is 225 cm³/mol. The highest BCUT2D eigenvalue weighted by Crippen LogP contribution is 2.44. The molecule has 0 atom stereocenters. The number of hydrogen-bond acceptors (Lipinski definition) is 2. The van der Waals surface area contributed by atoms with Crippen molar-refractivity contribution in [3.8, 4) is 33.4 Å². The van der Waals surface area contributed by atoms with E-state index in [1.165, 1.54) is 75.1 Å². The van der Waals surface area contributed by atoms with Crippen molar-refractivity contribution in [3.63, 3.8) is 0 Å². The van der Waals surface area contributed by atoms with Crippen molar-refractivity contribution in [2.24, 2.45) is 0 Å². The van der Waals surface area contributed by atoms with Crippen LogP contribution in [0.5, 0.6) is 0 Å². The van der Waals surface area contributed by atoms with E-state index in [1.807, 2.05) is 11.3 Å². The van der Waals surface area contributed by atoms with Gasteiger partial charge in [-0.05, 0) is 97.9 Å². The summed E-state index contributed by atoms with van der Waals surface area (Å²) in [6.07, 6.45) is 0. The molecule has 2 heteroatoms. The molecule has 0 unspecified atom stereocenters. The van der Waals surface area contributed by atoms with Crippen LogP contribution in [0, 0.1) is 0 Å². The Kier molecular flexibility index (Phi) is 7.41. The van der Waals surface area contributed by atoms with E-state index in [0.29, 0.717) is 0 Å². The zero-order chi connectivity index (χ0) is 34.4. The molecule has 244 valence electrons. The number of hydrogen-bond donors (Lipinski definition) is 0. The van der Waals surface area contributed by atoms with E-state index >= 15 is 0 Å². The number of para-hydroxylation sites is 1. The van der Waals surface area contributed by atoms with Crippen LogP contribution in [-0.2, 0) is 0 Å². The van der Waals surface area contributed by atoms with E-state index in [9.17, 15) is 0 Å². The van der Waals surface area contributed by atoms with Gasteiger partial charge in [0, 0.05) is 37.1 Å². The fourth-order valence-electron chi connectivity index (χ4n) is 7.67. The molecule has 1 aromatic heterocycles. The molecule has 0 N–H and O–H groups in total. The minimum Gasteiger partial charge on any atom is -0.310 e. The molecule has 1 heterocycles. The zero-order valence-electron chi connectivity index (χ0n) is 28.4. The molecule has 0 radical (unpaired) electrons. The van der Waals surface area contributed by atoms with Gasteiger partial charge in [-0.25, -0.2) is 0 Å². The summed E-state index contributed by atoms with van der Waals surface area (Å²) in [7, 11) is 0. The minimum atomic E-state index is 1.11. The number of thiophene rings is 1. The molecule has 1 nitrogen and oxygen atoms in total. The summed E-state index contributed by atoms with van der Waals surface area (Å²) in [6, 6.07) is 73.0. The van der Waals surface area contributed by atoms with E-state index in [1.54, 1.807) is 0 Å². The van der Waals surface area contributed by atoms with Crippen molar-refractivity contribution >= 4 is 70.1 Å². The summed E-state index contributed by atoms with van der Waals surface area (Å²) in [5.74, 6) is 0. The fourth-order valence-corrected chi connectivity index (χ4v) is 8.76. The van der Waals surface area contributed by atoms with Crippen LogP contribution in [0.1, 0.15) is 0 Å². The molecule has 0 saturated carbocycles. The number of benzene rings is 9. The van der Waals surface area contributed by atoms with Crippen molar-refractivity contribution in [3.05, 3.63) is 200 Å². The van der Waals surface area contributed by atoms with Crippen LogP contribution < -0.4 is 4.90 Å². The van der Waals surface area contributed by atoms with Crippen LogP contribution in [0.3, 0.4) is 0 Å². The molecule has 10 aromatic rings. The summed E-state index contributed by atoms with van der Waals surface area (Å²) in [5.41, 5.74) is 10.7. The van der Waals surface area contributed by atoms with E-state index < -0.39 is 0 Å². The SMILES string of the molecule is c1ccc(N(c2ccc(-c3ccc(-c4cccc5ccccc45)cc3)cc2)c2ccc3ccccc3c2)c(-c2ccc3sc4ccccc4c3c2)c1. The molecule has 0 fully saturated rings. The Morgan fingerprint density at radius 1 is 0.308 bits per heavy atom. The van der Waals surface area contributed by atoms with Crippen molar-refractivity contribution in [2.75, 3.05) is 4.90 Å². The molecule has 0 spiro atoms. The normalized spacial score (nSPS) is 11.5. The van der Waals surface area contributed by atoms with E-state index in [2.05, 4.69) is 205 Å². The Hall–Kier alpha value is -6.48. The lowest BCUT2D eigenvalue weighted by atomic mass is 9.96. The lowest BCUT2D eigenvalue weighted by Gasteiger charge is -2.28. The Labute approximate surface area is 307 Å². The highest BCUT2D eigenvalue weighted by molar-refractivity contribution is 7.25. The molecule has 0 aliphatic heterocycles. The maximum Gasteiger partial charge on any atom is 0.0540 e. The average molecular weight is 680 g/mol. The van der Waals surface area contributed by atoms with Gasteiger partial charge in [-0.15, -0.1) is 11.3 Å². The molecule has 52 heavy (non-hydrogen) atoms. The van der Waals surface area contributed by atoms with Gasteiger partial charge in [0.25, 0.3) is 0 Å². The summed E-state index contributed by atoms with van der Waals surface area (Å²) in [6.45, 7) is 0. The van der Waals surface area contributed by atoms with Crippen molar-refractivity contribution in [1.82, 2.24) is 0 Å². The van der Waals surface area contributed by atoms with Gasteiger partial charge >= 0.3 is 0 Å². The molecule has 0 saturated heterocycles. The van der Waals surface area contributed by atoms with Gasteiger partial charge in [0.15, 0.2) is 0 Å². The number of nitrogens with zero attached hydrogens (tertiary/aromatic N) is 1. The zero-order valence-corrected chi connectivity index (χ0v) is 29.2. The Morgan fingerprint density at radius 2 is 0.885 bits per heavy atom. The molecular formula is C50H33NS. The first-order valence-electron chi connectivity index (χ1n) is 17.8. The Balaban J connectivity index is 1.06. The second-order valence-electron chi connectivity index (χ2n) is 13.3. The first-order chi connectivity index (χ1) is 25.8. The molecule has 0 aliphatic carbocycles. The van der Waals surface area contributed by atoms with E-state index in [4.69, 9.17) is 0 Å². The fraction of sp³-hybridized carbons (Fsp3) is 0. The number of fused-ring (bicyclic) bond motifs is 5. The standard InChI is InChI=1S/C50H33NS/c1-2-12-39-32-42(30-26-34(39)10-1)51(48-18-7-5-15-45(48)40-27-31-50-47(33-40)46-16-6-8-19-49(46)52-50)41-28-24-36(25-29-41)35-20-22-38(23-21-35)44-17-9-13-37-11-3-4-14-43(37)44/h1-33H. The lowest BCUT2D eigenvalue weighted by Crippen LogP contribution is -2.11. The van der Waals surface area contributed by atoms with E-state index in [-0.39, 0.29) is 0 Å². The molecule has 0 aliphatic rings. The first kappa shape index (κ1) is 30.4. The van der Waals surface area contributed by atoms with Gasteiger partial charge in [0.2, 0.25) is 0 Å². The van der Waals surface area contributed by atoms with Crippen LogP contribution in [0.2, 0.25) is 0 Å². The average Bonchev–Trinajstić information content (AvgIpc) is 3.59. The topological polar surface area (TPSA) is 3.24 Å². The van der Waals surface area contributed by atoms with Crippen LogP contribution >= 0.6 is 11.3 Å². The Bertz CT molecular complexity index is 2890. The smallest absolute Gasteiger partial charge is 0.0540 e. The summed E-state index contributed by atoms with van der Waals surface area (Å²) in [5, 5.41) is 7.61. The van der Waals surface area contributed by atoms with Crippen LogP contribution in [-0.4, -0.2) is 0 Å². The number of anilines is 3. The summed E-state index contributed by atoms with van der Waals surface area (Å²) in [4.78, 5) is 2.41. The second-order valence-corrected chi connectivity index (χ2v) is 14.4. The van der Waals surface area contributed by atoms with Gasteiger partial charge in [0.05, 0.1) is 5.69 Å². The maximum atomic E-state index is 2.41. The van der Waals surface area contributed by atoms with Gasteiger partial charge in [0.1, 0.15) is 0 Å². The third-order valence-electron chi connectivity index (χ3n) is 10.3. The van der Waals surface area contributed by atoms with E-state index in [0.717, 1.165) is 17.1 Å². The van der Waals surface area contributed by atoms with Crippen LogP contribution in [0.15, 0.2) is 200 Å². The lowest BCUT2D eigenvalue weighted by molar-refractivity contribution is 1.29. The van der Waals surface area contributed by atoms with Gasteiger partial charge in [-0.3, -0.25) is 0 Å². The first-order valence-corrected chi connectivity index (χ1v) is 18.6.